The van der Waals surface area contributed by atoms with Crippen LogP contribution in [0.4, 0.5) is 0 Å². The molecule has 0 amide bonds. The fraction of sp³-hybridized carbons (Fsp3) is 0.800. The Labute approximate surface area is 109 Å². The number of carbonyl (C=O) groups excluding carboxylic acids is 1. The number of hydrogen-bond acceptors (Lipinski definition) is 3. The van der Waals surface area contributed by atoms with E-state index < -0.39 is 12.2 Å². The van der Waals surface area contributed by atoms with Gasteiger partial charge in [-0.2, -0.15) is 0 Å². The van der Waals surface area contributed by atoms with Crippen molar-refractivity contribution in [2.75, 3.05) is 0 Å². The fourth-order valence-corrected chi connectivity index (χ4v) is 3.90. The van der Waals surface area contributed by atoms with Crippen molar-refractivity contribution in [2.45, 2.75) is 52.2 Å². The Morgan fingerprint density at radius 3 is 2.50 bits per heavy atom. The summed E-state index contributed by atoms with van der Waals surface area (Å²) in [6, 6.07) is 0. The lowest BCUT2D eigenvalue weighted by molar-refractivity contribution is -0.161. The molecule has 3 heteroatoms. The van der Waals surface area contributed by atoms with E-state index in [1.165, 1.54) is 0 Å². The van der Waals surface area contributed by atoms with Crippen molar-refractivity contribution in [1.29, 1.82) is 0 Å². The van der Waals surface area contributed by atoms with Crippen molar-refractivity contribution in [2.24, 2.45) is 23.2 Å². The van der Waals surface area contributed by atoms with E-state index in [1.54, 1.807) is 0 Å². The summed E-state index contributed by atoms with van der Waals surface area (Å²) in [5.41, 5.74) is 0.848. The third kappa shape index (κ3) is 1.94. The molecule has 2 rings (SSSR count). The third-order valence-corrected chi connectivity index (χ3v) is 5.42. The van der Waals surface area contributed by atoms with E-state index in [1.807, 2.05) is 6.92 Å². The number of fused-ring (bicyclic) bond motifs is 1. The van der Waals surface area contributed by atoms with Gasteiger partial charge in [-0.15, -0.1) is 0 Å². The van der Waals surface area contributed by atoms with Gasteiger partial charge in [-0.25, -0.2) is 0 Å². The van der Waals surface area contributed by atoms with Crippen molar-refractivity contribution >= 4 is 5.78 Å². The van der Waals surface area contributed by atoms with Gasteiger partial charge in [0.25, 0.3) is 0 Å². The second kappa shape index (κ2) is 4.46. The summed E-state index contributed by atoms with van der Waals surface area (Å²) in [7, 11) is 0. The van der Waals surface area contributed by atoms with Crippen molar-refractivity contribution in [3.8, 4) is 0 Å². The topological polar surface area (TPSA) is 57.5 Å². The van der Waals surface area contributed by atoms with Gasteiger partial charge < -0.3 is 10.2 Å². The normalized spacial score (nSPS) is 48.7. The highest BCUT2D eigenvalue weighted by atomic mass is 16.3. The van der Waals surface area contributed by atoms with Crippen LogP contribution in [0.15, 0.2) is 12.2 Å². The summed E-state index contributed by atoms with van der Waals surface area (Å²) in [6.07, 6.45) is 0.233. The number of Topliss-reactive ketones (excluding diaryl/α,β-unsaturated/α-hetero) is 1. The highest BCUT2D eigenvalue weighted by molar-refractivity contribution is 5.80. The van der Waals surface area contributed by atoms with Crippen LogP contribution in [-0.2, 0) is 4.79 Å². The number of aliphatic hydroxyl groups excluding tert-OH is 2. The minimum Gasteiger partial charge on any atom is -0.390 e. The molecule has 0 spiro atoms. The fourth-order valence-electron chi connectivity index (χ4n) is 3.90. The molecule has 2 fully saturated rings. The van der Waals surface area contributed by atoms with Crippen LogP contribution in [0.5, 0.6) is 0 Å². The predicted octanol–water partition coefficient (Wildman–Crippen LogP) is 1.93. The first-order chi connectivity index (χ1) is 8.27. The smallest absolute Gasteiger partial charge is 0.133 e. The molecular weight excluding hydrogens is 228 g/mol. The van der Waals surface area contributed by atoms with Crippen molar-refractivity contribution < 1.29 is 15.0 Å². The molecule has 3 nitrogen and oxygen atoms in total. The number of rotatable bonds is 1. The van der Waals surface area contributed by atoms with Crippen LogP contribution in [0.25, 0.3) is 0 Å². The van der Waals surface area contributed by atoms with E-state index in [4.69, 9.17) is 0 Å². The average Bonchev–Trinajstić information content (AvgIpc) is 2.27. The van der Waals surface area contributed by atoms with Crippen LogP contribution >= 0.6 is 0 Å². The van der Waals surface area contributed by atoms with Gasteiger partial charge in [-0.05, 0) is 30.6 Å². The maximum Gasteiger partial charge on any atom is 0.133 e. The minimum atomic E-state index is -0.808. The van der Waals surface area contributed by atoms with Gasteiger partial charge in [0.1, 0.15) is 5.78 Å². The Balaban J connectivity index is 2.35. The molecule has 0 aromatic heterocycles. The molecule has 0 aromatic carbocycles. The number of carbonyl (C=O) groups is 1. The van der Waals surface area contributed by atoms with Crippen molar-refractivity contribution in [3.63, 3.8) is 0 Å². The first-order valence-corrected chi connectivity index (χ1v) is 6.80. The Kier molecular flexibility index (Phi) is 3.41. The van der Waals surface area contributed by atoms with Crippen LogP contribution in [-0.4, -0.2) is 28.2 Å². The summed E-state index contributed by atoms with van der Waals surface area (Å²) < 4.78 is 0. The maximum atomic E-state index is 11.7. The standard InChI is InChI=1S/C15H24O3/c1-8(2)11-7-15(4)9(3)5-10(16)6-12(15)14(18)13(11)17/h9,11-14,17-18H,1,5-7H2,2-4H3. The molecule has 0 radical (unpaired) electrons. The van der Waals surface area contributed by atoms with E-state index in [2.05, 4.69) is 20.4 Å². The summed E-state index contributed by atoms with van der Waals surface area (Å²) in [4.78, 5) is 11.7. The van der Waals surface area contributed by atoms with E-state index in [0.29, 0.717) is 12.8 Å². The predicted molar refractivity (Wildman–Crippen MR) is 69.9 cm³/mol. The van der Waals surface area contributed by atoms with E-state index in [0.717, 1.165) is 12.0 Å². The molecule has 0 heterocycles. The lowest BCUT2D eigenvalue weighted by Gasteiger charge is -2.55. The highest BCUT2D eigenvalue weighted by Gasteiger charge is 2.54. The Bertz CT molecular complexity index is 376. The van der Waals surface area contributed by atoms with Crippen LogP contribution < -0.4 is 0 Å². The molecule has 0 bridgehead atoms. The summed E-state index contributed by atoms with van der Waals surface area (Å²) in [5.74, 6) is 0.300. The SMILES string of the molecule is C=C(C)C1CC2(C)C(C)CC(=O)CC2C(O)C1O. The van der Waals surface area contributed by atoms with Crippen LogP contribution in [0.2, 0.25) is 0 Å². The van der Waals surface area contributed by atoms with Gasteiger partial charge in [-0.1, -0.05) is 26.0 Å². The van der Waals surface area contributed by atoms with Crippen molar-refractivity contribution in [3.05, 3.63) is 12.2 Å². The molecule has 102 valence electrons. The molecule has 2 N–H and O–H groups in total. The van der Waals surface area contributed by atoms with Gasteiger partial charge in [0.2, 0.25) is 0 Å². The Morgan fingerprint density at radius 2 is 1.94 bits per heavy atom. The molecule has 2 aliphatic carbocycles. The molecule has 6 unspecified atom stereocenters. The summed E-state index contributed by atoms with van der Waals surface area (Å²) >= 11 is 0. The lowest BCUT2D eigenvalue weighted by atomic mass is 9.51. The zero-order chi connectivity index (χ0) is 13.7. The van der Waals surface area contributed by atoms with E-state index >= 15 is 0 Å². The van der Waals surface area contributed by atoms with Gasteiger partial charge in [-0.3, -0.25) is 4.79 Å². The van der Waals surface area contributed by atoms with Crippen LogP contribution in [0.3, 0.4) is 0 Å². The second-order valence-electron chi connectivity index (χ2n) is 6.60. The number of hydrogen-bond donors (Lipinski definition) is 2. The molecule has 0 aromatic rings. The van der Waals surface area contributed by atoms with Gasteiger partial charge >= 0.3 is 0 Å². The first-order valence-electron chi connectivity index (χ1n) is 6.80. The van der Waals surface area contributed by atoms with Crippen LogP contribution in [0, 0.1) is 23.2 Å². The largest absolute Gasteiger partial charge is 0.390 e. The summed E-state index contributed by atoms with van der Waals surface area (Å²) in [5, 5.41) is 20.6. The quantitative estimate of drug-likeness (QED) is 0.701. The minimum absolute atomic E-state index is 0.0584. The van der Waals surface area contributed by atoms with Crippen LogP contribution in [0.1, 0.15) is 40.0 Å². The lowest BCUT2D eigenvalue weighted by Crippen LogP contribution is -2.57. The van der Waals surface area contributed by atoms with Gasteiger partial charge in [0.15, 0.2) is 0 Å². The van der Waals surface area contributed by atoms with E-state index in [9.17, 15) is 15.0 Å². The monoisotopic (exact) mass is 252 g/mol. The molecule has 0 aliphatic heterocycles. The maximum absolute atomic E-state index is 11.7. The number of ketones is 1. The highest BCUT2D eigenvalue weighted by Crippen LogP contribution is 2.54. The second-order valence-corrected chi connectivity index (χ2v) is 6.60. The Morgan fingerprint density at radius 1 is 1.33 bits per heavy atom. The van der Waals surface area contributed by atoms with Gasteiger partial charge in [0.05, 0.1) is 12.2 Å². The average molecular weight is 252 g/mol. The third-order valence-electron chi connectivity index (χ3n) is 5.42. The summed E-state index contributed by atoms with van der Waals surface area (Å²) in [6.45, 7) is 10.1. The molecule has 18 heavy (non-hydrogen) atoms. The molecule has 6 atom stereocenters. The first kappa shape index (κ1) is 13.8. The number of aliphatic hydroxyl groups is 2. The molecule has 2 aliphatic rings. The molecular formula is C15H24O3. The molecule has 2 saturated carbocycles. The zero-order valence-corrected chi connectivity index (χ0v) is 11.5. The molecule has 0 saturated heterocycles. The zero-order valence-electron chi connectivity index (χ0n) is 11.5. The van der Waals surface area contributed by atoms with Gasteiger partial charge in [0, 0.05) is 18.8 Å². The van der Waals surface area contributed by atoms with Crippen molar-refractivity contribution in [1.82, 2.24) is 0 Å². The Hall–Kier alpha value is -0.670. The van der Waals surface area contributed by atoms with E-state index in [-0.39, 0.29) is 29.0 Å².